The summed E-state index contributed by atoms with van der Waals surface area (Å²) in [4.78, 5) is 1.47. The minimum absolute atomic E-state index is 0.255. The zero-order valence-corrected chi connectivity index (χ0v) is 9.96. The Morgan fingerprint density at radius 3 is 2.75 bits per heavy atom. The van der Waals surface area contributed by atoms with Gasteiger partial charge in [0.15, 0.2) is 0 Å². The Morgan fingerprint density at radius 1 is 1.12 bits per heavy atom. The predicted molar refractivity (Wildman–Crippen MR) is 68.7 cm³/mol. The molecule has 1 atom stereocenters. The van der Waals surface area contributed by atoms with Crippen molar-refractivity contribution in [1.29, 1.82) is 0 Å². The summed E-state index contributed by atoms with van der Waals surface area (Å²) in [6.07, 6.45) is 3.44. The third-order valence-corrected chi connectivity index (χ3v) is 4.47. The minimum Gasteiger partial charge on any atom is -0.318 e. The molecule has 1 nitrogen and oxygen atoms in total. The van der Waals surface area contributed by atoms with E-state index in [0.29, 0.717) is 0 Å². The number of benzene rings is 1. The highest BCUT2D eigenvalue weighted by molar-refractivity contribution is 7.10. The average Bonchev–Trinajstić information content (AvgIpc) is 2.80. The Balaban J connectivity index is 2.14. The van der Waals surface area contributed by atoms with Crippen LogP contribution in [-0.2, 0) is 12.0 Å². The molecule has 2 N–H and O–H groups in total. The lowest BCUT2D eigenvalue weighted by molar-refractivity contribution is 0.447. The van der Waals surface area contributed by atoms with E-state index in [0.717, 1.165) is 6.42 Å². The lowest BCUT2D eigenvalue weighted by Gasteiger charge is -2.34. The van der Waals surface area contributed by atoms with Crippen LogP contribution in [0.1, 0.15) is 28.8 Å². The molecular formula is C14H15NS. The maximum atomic E-state index is 6.64. The van der Waals surface area contributed by atoms with E-state index in [1.54, 1.807) is 0 Å². The van der Waals surface area contributed by atoms with E-state index in [-0.39, 0.29) is 5.54 Å². The first-order valence-electron chi connectivity index (χ1n) is 5.72. The van der Waals surface area contributed by atoms with Gasteiger partial charge >= 0.3 is 0 Å². The summed E-state index contributed by atoms with van der Waals surface area (Å²) in [5.41, 5.74) is 8.98. The zero-order chi connectivity index (χ0) is 11.0. The van der Waals surface area contributed by atoms with Gasteiger partial charge in [-0.3, -0.25) is 0 Å². The molecule has 1 unspecified atom stereocenters. The molecule has 2 heteroatoms. The van der Waals surface area contributed by atoms with Crippen molar-refractivity contribution in [2.24, 2.45) is 5.73 Å². The molecule has 1 aliphatic rings. The first-order chi connectivity index (χ1) is 7.81. The van der Waals surface area contributed by atoms with Crippen molar-refractivity contribution in [3.8, 4) is 0 Å². The summed E-state index contributed by atoms with van der Waals surface area (Å²) in [5.74, 6) is 0. The van der Waals surface area contributed by atoms with Crippen LogP contribution in [0.25, 0.3) is 0 Å². The average molecular weight is 229 g/mol. The van der Waals surface area contributed by atoms with Gasteiger partial charge in [0.1, 0.15) is 0 Å². The van der Waals surface area contributed by atoms with Gasteiger partial charge in [-0.2, -0.15) is 0 Å². The quantitative estimate of drug-likeness (QED) is 0.798. The molecule has 1 aromatic heterocycles. The van der Waals surface area contributed by atoms with Gasteiger partial charge in [-0.05, 0) is 41.8 Å². The fourth-order valence-corrected chi connectivity index (χ4v) is 3.64. The topological polar surface area (TPSA) is 26.0 Å². The van der Waals surface area contributed by atoms with Crippen molar-refractivity contribution in [3.05, 3.63) is 57.8 Å². The van der Waals surface area contributed by atoms with Crippen LogP contribution in [0.15, 0.2) is 41.8 Å². The van der Waals surface area contributed by atoms with Crippen LogP contribution >= 0.6 is 11.3 Å². The number of thiophene rings is 1. The van der Waals surface area contributed by atoms with Crippen molar-refractivity contribution in [1.82, 2.24) is 0 Å². The summed E-state index contributed by atoms with van der Waals surface area (Å²) in [6.45, 7) is 0. The molecule has 1 aliphatic carbocycles. The van der Waals surface area contributed by atoms with Gasteiger partial charge in [-0.15, -0.1) is 11.3 Å². The zero-order valence-electron chi connectivity index (χ0n) is 9.15. The van der Waals surface area contributed by atoms with E-state index in [9.17, 15) is 0 Å². The fourth-order valence-electron chi connectivity index (χ4n) is 2.63. The maximum Gasteiger partial charge on any atom is 0.0676 e. The normalized spacial score (nSPS) is 24.1. The van der Waals surface area contributed by atoms with E-state index in [4.69, 9.17) is 5.73 Å². The molecule has 0 bridgehead atoms. The Hall–Kier alpha value is -1.12. The highest BCUT2D eigenvalue weighted by Crippen LogP contribution is 2.40. The summed E-state index contributed by atoms with van der Waals surface area (Å²) < 4.78 is 0. The molecule has 16 heavy (non-hydrogen) atoms. The number of fused-ring (bicyclic) bond motifs is 1. The number of rotatable bonds is 1. The Labute approximate surface area is 99.9 Å². The van der Waals surface area contributed by atoms with E-state index >= 15 is 0 Å². The first-order valence-corrected chi connectivity index (χ1v) is 6.60. The van der Waals surface area contributed by atoms with Crippen LogP contribution in [0, 0.1) is 0 Å². The molecule has 82 valence electrons. The van der Waals surface area contributed by atoms with Crippen LogP contribution in [-0.4, -0.2) is 0 Å². The lowest BCUT2D eigenvalue weighted by Crippen LogP contribution is -2.40. The molecule has 0 fully saturated rings. The standard InChI is InChI=1S/C14H15NS/c15-14(11-5-2-1-3-6-11)9-4-7-13-12(14)8-10-16-13/h1-3,5-6,8,10H,4,7,9,15H2. The molecule has 0 saturated heterocycles. The third-order valence-electron chi connectivity index (χ3n) is 3.49. The van der Waals surface area contributed by atoms with Crippen molar-refractivity contribution in [2.75, 3.05) is 0 Å². The van der Waals surface area contributed by atoms with Crippen molar-refractivity contribution >= 4 is 11.3 Å². The van der Waals surface area contributed by atoms with E-state index < -0.39 is 0 Å². The van der Waals surface area contributed by atoms with E-state index in [1.807, 2.05) is 17.4 Å². The predicted octanol–water partition coefficient (Wildman–Crippen LogP) is 3.29. The van der Waals surface area contributed by atoms with Gasteiger partial charge in [-0.1, -0.05) is 30.3 Å². The molecule has 2 aromatic rings. The molecule has 0 spiro atoms. The second-order valence-corrected chi connectivity index (χ2v) is 5.45. The third kappa shape index (κ3) is 1.41. The SMILES string of the molecule is NC1(c2ccccc2)CCCc2sccc21. The van der Waals surface area contributed by atoms with Gasteiger partial charge in [0.2, 0.25) is 0 Å². The Bertz CT molecular complexity index is 488. The van der Waals surface area contributed by atoms with Gasteiger partial charge in [0.25, 0.3) is 0 Å². The maximum absolute atomic E-state index is 6.64. The highest BCUT2D eigenvalue weighted by atomic mass is 32.1. The van der Waals surface area contributed by atoms with Crippen molar-refractivity contribution < 1.29 is 0 Å². The van der Waals surface area contributed by atoms with Crippen LogP contribution in [0.5, 0.6) is 0 Å². The van der Waals surface area contributed by atoms with E-state index in [1.165, 1.54) is 28.8 Å². The summed E-state index contributed by atoms with van der Waals surface area (Å²) >= 11 is 1.84. The number of hydrogen-bond acceptors (Lipinski definition) is 2. The Kier molecular flexibility index (Phi) is 2.34. The smallest absolute Gasteiger partial charge is 0.0676 e. The van der Waals surface area contributed by atoms with Crippen molar-refractivity contribution in [3.63, 3.8) is 0 Å². The Morgan fingerprint density at radius 2 is 1.94 bits per heavy atom. The molecular weight excluding hydrogens is 214 g/mol. The van der Waals surface area contributed by atoms with Gasteiger partial charge in [-0.25, -0.2) is 0 Å². The van der Waals surface area contributed by atoms with Crippen LogP contribution in [0.3, 0.4) is 0 Å². The van der Waals surface area contributed by atoms with Gasteiger partial charge in [0.05, 0.1) is 5.54 Å². The summed E-state index contributed by atoms with van der Waals surface area (Å²) in [7, 11) is 0. The first kappa shape index (κ1) is 10.1. The monoisotopic (exact) mass is 229 g/mol. The van der Waals surface area contributed by atoms with Crippen LogP contribution in [0.2, 0.25) is 0 Å². The molecule has 0 radical (unpaired) electrons. The fraction of sp³-hybridized carbons (Fsp3) is 0.286. The van der Waals surface area contributed by atoms with Crippen LogP contribution < -0.4 is 5.73 Å². The second-order valence-electron chi connectivity index (χ2n) is 4.45. The van der Waals surface area contributed by atoms with Gasteiger partial charge < -0.3 is 5.73 Å². The second kappa shape index (κ2) is 3.72. The molecule has 3 rings (SSSR count). The van der Waals surface area contributed by atoms with Crippen molar-refractivity contribution in [2.45, 2.75) is 24.8 Å². The van der Waals surface area contributed by atoms with Crippen LogP contribution in [0.4, 0.5) is 0 Å². The molecule has 1 aromatic carbocycles. The van der Waals surface area contributed by atoms with Gasteiger partial charge in [0, 0.05) is 4.88 Å². The number of aryl methyl sites for hydroxylation is 1. The summed E-state index contributed by atoms with van der Waals surface area (Å²) in [5, 5.41) is 2.17. The number of hydrogen-bond donors (Lipinski definition) is 1. The number of nitrogens with two attached hydrogens (primary N) is 1. The largest absolute Gasteiger partial charge is 0.318 e. The molecule has 1 heterocycles. The minimum atomic E-state index is -0.255. The molecule has 0 saturated carbocycles. The highest BCUT2D eigenvalue weighted by Gasteiger charge is 2.34. The molecule has 0 aliphatic heterocycles. The lowest BCUT2D eigenvalue weighted by atomic mass is 9.76. The molecule has 0 amide bonds. The summed E-state index contributed by atoms with van der Waals surface area (Å²) in [6, 6.07) is 12.7. The van der Waals surface area contributed by atoms with E-state index in [2.05, 4.69) is 35.7 Å².